The molecule has 0 aromatic heterocycles. The van der Waals surface area contributed by atoms with Gasteiger partial charge >= 0.3 is 5.97 Å². The third-order valence-electron chi connectivity index (χ3n) is 4.98. The molecule has 0 aliphatic carbocycles. The molecule has 162 valence electrons. The molecule has 27 heavy (non-hydrogen) atoms. The minimum Gasteiger partial charge on any atom is -0.458 e. The van der Waals surface area contributed by atoms with Crippen molar-refractivity contribution in [1.29, 1.82) is 0 Å². The lowest BCUT2D eigenvalue weighted by Gasteiger charge is -2.14. The average molecular weight is 387 g/mol. The fourth-order valence-corrected chi connectivity index (χ4v) is 3.33. The quantitative estimate of drug-likeness (QED) is 0.189. The van der Waals surface area contributed by atoms with Crippen LogP contribution in [0.4, 0.5) is 0 Å². The molecule has 0 amide bonds. The highest BCUT2D eigenvalue weighted by atomic mass is 16.6. The summed E-state index contributed by atoms with van der Waals surface area (Å²) in [4.78, 5) is 10.8. The lowest BCUT2D eigenvalue weighted by molar-refractivity contribution is -0.152. The maximum Gasteiger partial charge on any atom is 0.303 e. The van der Waals surface area contributed by atoms with Gasteiger partial charge in [-0.25, -0.2) is 0 Å². The van der Waals surface area contributed by atoms with Gasteiger partial charge in [0.2, 0.25) is 0 Å². The first-order valence-electron chi connectivity index (χ1n) is 11.6. The van der Waals surface area contributed by atoms with Gasteiger partial charge in [0.25, 0.3) is 0 Å². The molecule has 1 N–H and O–H groups in total. The zero-order valence-electron chi connectivity index (χ0n) is 18.2. The van der Waals surface area contributed by atoms with E-state index >= 15 is 0 Å². The number of carbonyl (C=O) groups excluding carboxylic acids is 1. The van der Waals surface area contributed by atoms with Crippen molar-refractivity contribution in [2.45, 2.75) is 123 Å². The molecule has 0 spiro atoms. The Hall–Kier alpha value is -0.610. The summed E-state index contributed by atoms with van der Waals surface area (Å²) < 4.78 is 10.4. The first-order chi connectivity index (χ1) is 13.2. The largest absolute Gasteiger partial charge is 0.458 e. The van der Waals surface area contributed by atoms with Gasteiger partial charge < -0.3 is 14.6 Å². The summed E-state index contributed by atoms with van der Waals surface area (Å²) >= 11 is 0. The highest BCUT2D eigenvalue weighted by Gasteiger charge is 2.10. The summed E-state index contributed by atoms with van der Waals surface area (Å²) in [5.41, 5.74) is 0. The monoisotopic (exact) mass is 386 g/mol. The van der Waals surface area contributed by atoms with Gasteiger partial charge in [-0.05, 0) is 6.42 Å². The molecule has 0 heterocycles. The van der Waals surface area contributed by atoms with Gasteiger partial charge in [0.05, 0.1) is 13.2 Å². The van der Waals surface area contributed by atoms with Crippen molar-refractivity contribution in [3.05, 3.63) is 0 Å². The van der Waals surface area contributed by atoms with Gasteiger partial charge in [0, 0.05) is 13.5 Å². The number of hydrogen-bond acceptors (Lipinski definition) is 4. The molecule has 0 radical (unpaired) electrons. The van der Waals surface area contributed by atoms with Crippen LogP contribution in [-0.2, 0) is 14.3 Å². The molecule has 0 aromatic rings. The third-order valence-corrected chi connectivity index (χ3v) is 4.98. The lowest BCUT2D eigenvalue weighted by Crippen LogP contribution is -2.26. The standard InChI is InChI=1S/C23H46O4/c1-3-4-5-6-7-8-9-10-11-12-13-14-15-16-17-18-19-26-21-23(20-24)27-22(2)25/h23-24H,3-21H2,1-2H3/t23-/m0/s1. The maximum absolute atomic E-state index is 10.8. The summed E-state index contributed by atoms with van der Waals surface area (Å²) in [6.07, 6.45) is 21.2. The van der Waals surface area contributed by atoms with Gasteiger partial charge in [-0.15, -0.1) is 0 Å². The molecule has 0 rings (SSSR count). The number of hydrogen-bond donors (Lipinski definition) is 1. The molecular formula is C23H46O4. The number of rotatable bonds is 21. The van der Waals surface area contributed by atoms with E-state index in [9.17, 15) is 4.79 Å². The third kappa shape index (κ3) is 21.5. The summed E-state index contributed by atoms with van der Waals surface area (Å²) in [5, 5.41) is 9.06. The van der Waals surface area contributed by atoms with Crippen LogP contribution in [0, 0.1) is 0 Å². The van der Waals surface area contributed by atoms with Gasteiger partial charge in [0.15, 0.2) is 0 Å². The SMILES string of the molecule is CCCCCCCCCCCCCCCCCCOC[C@H](CO)OC(C)=O. The second-order valence-electron chi connectivity index (χ2n) is 7.79. The van der Waals surface area contributed by atoms with Crippen LogP contribution < -0.4 is 0 Å². The van der Waals surface area contributed by atoms with E-state index in [0.717, 1.165) is 6.42 Å². The summed E-state index contributed by atoms with van der Waals surface area (Å²) in [6.45, 7) is 4.40. The molecular weight excluding hydrogens is 340 g/mol. The van der Waals surface area contributed by atoms with Crippen molar-refractivity contribution in [3.63, 3.8) is 0 Å². The van der Waals surface area contributed by atoms with Crippen molar-refractivity contribution in [2.24, 2.45) is 0 Å². The summed E-state index contributed by atoms with van der Waals surface area (Å²) in [5.74, 6) is -0.375. The van der Waals surface area contributed by atoms with E-state index in [1.165, 1.54) is 103 Å². The van der Waals surface area contributed by atoms with Crippen LogP contribution in [0.1, 0.15) is 117 Å². The Kier molecular flexibility index (Phi) is 21.2. The van der Waals surface area contributed by atoms with E-state index in [4.69, 9.17) is 14.6 Å². The molecule has 4 heteroatoms. The molecule has 0 unspecified atom stereocenters. The smallest absolute Gasteiger partial charge is 0.303 e. The number of ether oxygens (including phenoxy) is 2. The molecule has 0 saturated heterocycles. The Morgan fingerprint density at radius 2 is 1.15 bits per heavy atom. The number of aliphatic hydroxyl groups excluding tert-OH is 1. The van der Waals surface area contributed by atoms with E-state index in [1.54, 1.807) is 0 Å². The number of unbranched alkanes of at least 4 members (excludes halogenated alkanes) is 15. The van der Waals surface area contributed by atoms with Crippen LogP contribution in [0.25, 0.3) is 0 Å². The Balaban J connectivity index is 3.13. The molecule has 0 aliphatic heterocycles. The summed E-state index contributed by atoms with van der Waals surface area (Å²) in [7, 11) is 0. The van der Waals surface area contributed by atoms with E-state index < -0.39 is 6.10 Å². The molecule has 4 nitrogen and oxygen atoms in total. The van der Waals surface area contributed by atoms with Crippen LogP contribution in [0.15, 0.2) is 0 Å². The van der Waals surface area contributed by atoms with Gasteiger partial charge in [-0.1, -0.05) is 103 Å². The van der Waals surface area contributed by atoms with Crippen LogP contribution in [0.2, 0.25) is 0 Å². The maximum atomic E-state index is 10.8. The van der Waals surface area contributed by atoms with Crippen molar-refractivity contribution >= 4 is 5.97 Å². The van der Waals surface area contributed by atoms with E-state index in [2.05, 4.69) is 6.92 Å². The Labute approximate surface area is 168 Å². The minimum atomic E-state index is -0.524. The Bertz CT molecular complexity index is 307. The van der Waals surface area contributed by atoms with E-state index in [0.29, 0.717) is 6.61 Å². The number of esters is 1. The average Bonchev–Trinajstić information content (AvgIpc) is 2.65. The summed E-state index contributed by atoms with van der Waals surface area (Å²) in [6, 6.07) is 0. The van der Waals surface area contributed by atoms with E-state index in [1.807, 2.05) is 0 Å². The molecule has 0 bridgehead atoms. The molecule has 0 aromatic carbocycles. The fourth-order valence-electron chi connectivity index (χ4n) is 3.33. The molecule has 0 saturated carbocycles. The first kappa shape index (κ1) is 26.4. The highest BCUT2D eigenvalue weighted by molar-refractivity contribution is 5.66. The fraction of sp³-hybridized carbons (Fsp3) is 0.957. The molecule has 0 fully saturated rings. The molecule has 0 aliphatic rings. The normalized spacial score (nSPS) is 12.3. The van der Waals surface area contributed by atoms with Crippen LogP contribution in [0.5, 0.6) is 0 Å². The predicted octanol–water partition coefficient (Wildman–Crippen LogP) is 6.19. The molecule has 1 atom stereocenters. The highest BCUT2D eigenvalue weighted by Crippen LogP contribution is 2.13. The number of carbonyl (C=O) groups is 1. The van der Waals surface area contributed by atoms with E-state index in [-0.39, 0.29) is 19.2 Å². The van der Waals surface area contributed by atoms with Crippen molar-refractivity contribution in [2.75, 3.05) is 19.8 Å². The minimum absolute atomic E-state index is 0.182. The second-order valence-corrected chi connectivity index (χ2v) is 7.79. The van der Waals surface area contributed by atoms with Crippen molar-refractivity contribution in [3.8, 4) is 0 Å². The predicted molar refractivity (Wildman–Crippen MR) is 113 cm³/mol. The Morgan fingerprint density at radius 1 is 0.741 bits per heavy atom. The zero-order valence-corrected chi connectivity index (χ0v) is 18.2. The van der Waals surface area contributed by atoms with Gasteiger partial charge in [-0.2, -0.15) is 0 Å². The Morgan fingerprint density at radius 3 is 1.52 bits per heavy atom. The van der Waals surface area contributed by atoms with Crippen LogP contribution in [-0.4, -0.2) is 37.0 Å². The van der Waals surface area contributed by atoms with Gasteiger partial charge in [-0.3, -0.25) is 4.79 Å². The number of aliphatic hydroxyl groups is 1. The van der Waals surface area contributed by atoms with Crippen LogP contribution in [0.3, 0.4) is 0 Å². The van der Waals surface area contributed by atoms with Gasteiger partial charge in [0.1, 0.15) is 6.10 Å². The second kappa shape index (κ2) is 21.7. The van der Waals surface area contributed by atoms with Crippen LogP contribution >= 0.6 is 0 Å². The van der Waals surface area contributed by atoms with Crippen molar-refractivity contribution < 1.29 is 19.4 Å². The lowest BCUT2D eigenvalue weighted by atomic mass is 10.0. The van der Waals surface area contributed by atoms with Crippen molar-refractivity contribution in [1.82, 2.24) is 0 Å². The first-order valence-corrected chi connectivity index (χ1v) is 11.6. The zero-order chi connectivity index (χ0) is 20.0. The topological polar surface area (TPSA) is 55.8 Å².